The van der Waals surface area contributed by atoms with Gasteiger partial charge >= 0.3 is 5.97 Å². The minimum atomic E-state index is -1.11. The molecule has 0 unspecified atom stereocenters. The average Bonchev–Trinajstić information content (AvgIpc) is 2.34. The maximum Gasteiger partial charge on any atom is 0.330 e. The maximum atomic E-state index is 11.4. The highest BCUT2D eigenvalue weighted by atomic mass is 28.3. The Balaban J connectivity index is 2.90. The fourth-order valence-corrected chi connectivity index (χ4v) is 2.68. The molecule has 1 aromatic carbocycles. The Labute approximate surface area is 111 Å². The number of carbonyl (C=O) groups is 1. The zero-order chi connectivity index (χ0) is 13.6. The van der Waals surface area contributed by atoms with Crippen LogP contribution in [-0.2, 0) is 9.53 Å². The van der Waals surface area contributed by atoms with Crippen LogP contribution in [0.2, 0.25) is 25.7 Å². The molecule has 3 heteroatoms. The van der Waals surface area contributed by atoms with Gasteiger partial charge in [-0.15, -0.1) is 0 Å². The van der Waals surface area contributed by atoms with E-state index in [1.807, 2.05) is 30.3 Å². The lowest BCUT2D eigenvalue weighted by Gasteiger charge is -2.17. The molecule has 0 N–H and O–H groups in total. The van der Waals surface area contributed by atoms with Gasteiger partial charge in [0.2, 0.25) is 0 Å². The first-order chi connectivity index (χ1) is 8.42. The Morgan fingerprint density at radius 3 is 2.33 bits per heavy atom. The summed E-state index contributed by atoms with van der Waals surface area (Å²) in [6.07, 6.45) is 2.56. The van der Waals surface area contributed by atoms with Crippen LogP contribution in [0, 0.1) is 0 Å². The third kappa shape index (κ3) is 5.32. The Bertz CT molecular complexity index is 416. The average molecular weight is 262 g/mol. The fraction of sp³-hybridized carbons (Fsp3) is 0.400. The molecule has 18 heavy (non-hydrogen) atoms. The molecule has 0 atom stereocenters. The molecule has 0 radical (unpaired) electrons. The predicted octanol–water partition coefficient (Wildman–Crippen LogP) is 3.97. The van der Waals surface area contributed by atoms with Crippen LogP contribution in [0.25, 0.3) is 5.57 Å². The Kier molecular flexibility index (Phi) is 5.35. The summed E-state index contributed by atoms with van der Waals surface area (Å²) in [7, 11) is 0.310. The number of carbonyl (C=O) groups excluding carboxylic acids is 1. The van der Waals surface area contributed by atoms with Crippen LogP contribution >= 0.6 is 0 Å². The summed E-state index contributed by atoms with van der Waals surface area (Å²) >= 11 is 0. The molecule has 0 saturated carbocycles. The summed E-state index contributed by atoms with van der Waals surface area (Å²) in [6.45, 7) is 7.02. The van der Waals surface area contributed by atoms with Crippen LogP contribution < -0.4 is 0 Å². The van der Waals surface area contributed by atoms with Gasteiger partial charge in [-0.1, -0.05) is 56.0 Å². The number of benzene rings is 1. The van der Waals surface area contributed by atoms with Crippen LogP contribution in [-0.4, -0.2) is 21.2 Å². The summed E-state index contributed by atoms with van der Waals surface area (Å²) in [5, 5.41) is 0. The minimum absolute atomic E-state index is 0.274. The number of allylic oxidation sites excluding steroid dienone is 1. The Hall–Kier alpha value is -1.35. The fourth-order valence-electron chi connectivity index (χ4n) is 1.66. The molecule has 0 spiro atoms. The van der Waals surface area contributed by atoms with Crippen molar-refractivity contribution in [3.63, 3.8) is 0 Å². The Morgan fingerprint density at radius 1 is 1.22 bits per heavy atom. The second-order valence-electron chi connectivity index (χ2n) is 5.62. The zero-order valence-corrected chi connectivity index (χ0v) is 12.7. The maximum absolute atomic E-state index is 11.4. The number of methoxy groups -OCH3 is 1. The van der Waals surface area contributed by atoms with Gasteiger partial charge in [0.15, 0.2) is 0 Å². The lowest BCUT2D eigenvalue weighted by Crippen LogP contribution is -2.19. The molecule has 0 bridgehead atoms. The number of esters is 1. The normalized spacial score (nSPS) is 12.3. The second kappa shape index (κ2) is 6.54. The van der Waals surface area contributed by atoms with Crippen molar-refractivity contribution in [3.8, 4) is 0 Å². The molecule has 2 nitrogen and oxygen atoms in total. The van der Waals surface area contributed by atoms with E-state index in [0.29, 0.717) is 0 Å². The molecule has 98 valence electrons. The van der Waals surface area contributed by atoms with Crippen LogP contribution in [0.3, 0.4) is 0 Å². The standard InChI is InChI=1S/C15H22O2Si/c1-17-15(16)12-14(10-11-18(2,3)4)13-8-6-5-7-9-13/h5-9,12H,10-11H2,1-4H3. The summed E-state index contributed by atoms with van der Waals surface area (Å²) < 4.78 is 4.73. The highest BCUT2D eigenvalue weighted by molar-refractivity contribution is 6.76. The van der Waals surface area contributed by atoms with Crippen molar-refractivity contribution in [3.05, 3.63) is 42.0 Å². The molecule has 0 amide bonds. The van der Waals surface area contributed by atoms with Crippen molar-refractivity contribution >= 4 is 19.6 Å². The van der Waals surface area contributed by atoms with Gasteiger partial charge in [-0.25, -0.2) is 4.79 Å². The van der Waals surface area contributed by atoms with E-state index in [1.54, 1.807) is 6.08 Å². The van der Waals surface area contributed by atoms with Crippen LogP contribution in [0.4, 0.5) is 0 Å². The number of ether oxygens (including phenoxy) is 1. The third-order valence-electron chi connectivity index (χ3n) is 2.78. The van der Waals surface area contributed by atoms with Crippen molar-refractivity contribution in [1.29, 1.82) is 0 Å². The minimum Gasteiger partial charge on any atom is -0.466 e. The molecule has 0 aliphatic heterocycles. The van der Waals surface area contributed by atoms with E-state index in [0.717, 1.165) is 17.6 Å². The van der Waals surface area contributed by atoms with E-state index in [1.165, 1.54) is 13.2 Å². The molecule has 0 saturated heterocycles. The van der Waals surface area contributed by atoms with E-state index in [9.17, 15) is 4.79 Å². The summed E-state index contributed by atoms with van der Waals surface area (Å²) in [5.74, 6) is -0.274. The van der Waals surface area contributed by atoms with Crippen LogP contribution in [0.1, 0.15) is 12.0 Å². The molecule has 0 heterocycles. The number of rotatable bonds is 5. The van der Waals surface area contributed by atoms with E-state index in [4.69, 9.17) is 4.74 Å². The van der Waals surface area contributed by atoms with Crippen molar-refractivity contribution in [2.45, 2.75) is 32.1 Å². The van der Waals surface area contributed by atoms with Crippen LogP contribution in [0.15, 0.2) is 36.4 Å². The lowest BCUT2D eigenvalue weighted by atomic mass is 10.0. The monoisotopic (exact) mass is 262 g/mol. The lowest BCUT2D eigenvalue weighted by molar-refractivity contribution is -0.134. The second-order valence-corrected chi connectivity index (χ2v) is 11.2. The first-order valence-corrected chi connectivity index (χ1v) is 9.97. The topological polar surface area (TPSA) is 26.3 Å². The molecule has 0 fully saturated rings. The van der Waals surface area contributed by atoms with Gasteiger partial charge in [-0.05, 0) is 17.6 Å². The highest BCUT2D eigenvalue weighted by Gasteiger charge is 2.15. The van der Waals surface area contributed by atoms with Gasteiger partial charge in [0.25, 0.3) is 0 Å². The van der Waals surface area contributed by atoms with Crippen molar-refractivity contribution in [2.24, 2.45) is 0 Å². The summed E-state index contributed by atoms with van der Waals surface area (Å²) in [6, 6.07) is 11.2. The van der Waals surface area contributed by atoms with Gasteiger partial charge in [-0.3, -0.25) is 0 Å². The first-order valence-electron chi connectivity index (χ1n) is 6.26. The predicted molar refractivity (Wildman–Crippen MR) is 79.2 cm³/mol. The van der Waals surface area contributed by atoms with Gasteiger partial charge < -0.3 is 4.74 Å². The molecule has 1 rings (SSSR count). The van der Waals surface area contributed by atoms with Crippen LogP contribution in [0.5, 0.6) is 0 Å². The number of hydrogen-bond acceptors (Lipinski definition) is 2. The molecule has 0 aromatic heterocycles. The van der Waals surface area contributed by atoms with E-state index in [2.05, 4.69) is 19.6 Å². The van der Waals surface area contributed by atoms with E-state index in [-0.39, 0.29) is 5.97 Å². The number of hydrogen-bond donors (Lipinski definition) is 0. The van der Waals surface area contributed by atoms with Gasteiger partial charge in [0, 0.05) is 14.1 Å². The molecule has 0 aliphatic rings. The Morgan fingerprint density at radius 2 is 1.83 bits per heavy atom. The van der Waals surface area contributed by atoms with Gasteiger partial charge in [-0.2, -0.15) is 0 Å². The highest BCUT2D eigenvalue weighted by Crippen LogP contribution is 2.24. The van der Waals surface area contributed by atoms with Gasteiger partial charge in [0.1, 0.15) is 0 Å². The summed E-state index contributed by atoms with van der Waals surface area (Å²) in [5.41, 5.74) is 2.19. The smallest absolute Gasteiger partial charge is 0.330 e. The van der Waals surface area contributed by atoms with E-state index < -0.39 is 8.07 Å². The quantitative estimate of drug-likeness (QED) is 0.456. The van der Waals surface area contributed by atoms with E-state index >= 15 is 0 Å². The molecular weight excluding hydrogens is 240 g/mol. The molecular formula is C15H22O2Si. The SMILES string of the molecule is COC(=O)C=C(CC[Si](C)(C)C)c1ccccc1. The zero-order valence-electron chi connectivity index (χ0n) is 11.7. The molecule has 1 aromatic rings. The van der Waals surface area contributed by atoms with Crippen molar-refractivity contribution in [1.82, 2.24) is 0 Å². The first kappa shape index (κ1) is 14.7. The largest absolute Gasteiger partial charge is 0.466 e. The van der Waals surface area contributed by atoms with Crippen molar-refractivity contribution < 1.29 is 9.53 Å². The third-order valence-corrected chi connectivity index (χ3v) is 4.53. The van der Waals surface area contributed by atoms with Crippen molar-refractivity contribution in [2.75, 3.05) is 7.11 Å². The summed E-state index contributed by atoms with van der Waals surface area (Å²) in [4.78, 5) is 11.4. The molecule has 0 aliphatic carbocycles. The van der Waals surface area contributed by atoms with Gasteiger partial charge in [0.05, 0.1) is 7.11 Å².